The minimum Gasteiger partial charge on any atom is -0.545 e. The van der Waals surface area contributed by atoms with Gasteiger partial charge in [-0.2, -0.15) is 0 Å². The second-order valence-electron chi connectivity index (χ2n) is 5.62. The Balaban J connectivity index is 0.00000146. The van der Waals surface area contributed by atoms with Crippen LogP contribution in [0.1, 0.15) is 10.4 Å². The average Bonchev–Trinajstić information content (AvgIpc) is 2.88. The number of hydrogen-bond acceptors (Lipinski definition) is 4. The zero-order valence-electron chi connectivity index (χ0n) is 12.9. The summed E-state index contributed by atoms with van der Waals surface area (Å²) in [5.74, 6) is -1.21. The molecule has 4 nitrogen and oxygen atoms in total. The Labute approximate surface area is 159 Å². The second kappa shape index (κ2) is 5.38. The number of carboxylic acid groups (broad SMARTS) is 1. The maximum absolute atomic E-state index is 11.1. The van der Waals surface area contributed by atoms with Crippen molar-refractivity contribution in [3.05, 3.63) is 60.2 Å². The molecule has 0 unspecified atom stereocenters. The Hall–Kier alpha value is -2.27. The van der Waals surface area contributed by atoms with Crippen LogP contribution < -0.4 is 34.7 Å². The van der Waals surface area contributed by atoms with Crippen molar-refractivity contribution < 1.29 is 39.5 Å². The summed E-state index contributed by atoms with van der Waals surface area (Å²) in [6.45, 7) is 0. The van der Waals surface area contributed by atoms with Crippen LogP contribution >= 0.6 is 0 Å². The molecule has 24 heavy (non-hydrogen) atoms. The number of carbonyl (C=O) groups is 1. The van der Waals surface area contributed by atoms with Crippen LogP contribution in [0.3, 0.4) is 0 Å². The SMILES string of the molecule is O=C([O-])c1ccc2nc3c(nc2c1)-c1cccc2cccc-3c12.[Na+]. The normalized spacial score (nSPS) is 11.3. The van der Waals surface area contributed by atoms with E-state index in [-0.39, 0.29) is 35.1 Å². The molecule has 5 rings (SSSR count). The third-order valence-corrected chi connectivity index (χ3v) is 4.31. The van der Waals surface area contributed by atoms with Crippen molar-refractivity contribution in [3.63, 3.8) is 0 Å². The van der Waals surface area contributed by atoms with Gasteiger partial charge in [0.2, 0.25) is 0 Å². The van der Waals surface area contributed by atoms with Gasteiger partial charge in [-0.05, 0) is 23.1 Å². The van der Waals surface area contributed by atoms with Gasteiger partial charge >= 0.3 is 29.6 Å². The predicted molar refractivity (Wildman–Crippen MR) is 85.8 cm³/mol. The van der Waals surface area contributed by atoms with Crippen LogP contribution in [0.4, 0.5) is 0 Å². The van der Waals surface area contributed by atoms with Crippen molar-refractivity contribution in [2.75, 3.05) is 0 Å². The van der Waals surface area contributed by atoms with Crippen LogP contribution in [-0.4, -0.2) is 15.9 Å². The molecule has 1 aromatic heterocycles. The van der Waals surface area contributed by atoms with Crippen LogP contribution in [0, 0.1) is 0 Å². The molecule has 0 N–H and O–H groups in total. The zero-order chi connectivity index (χ0) is 15.6. The van der Waals surface area contributed by atoms with Gasteiger partial charge in [-0.1, -0.05) is 42.5 Å². The first-order valence-electron chi connectivity index (χ1n) is 7.28. The molecule has 0 aliphatic heterocycles. The number of carbonyl (C=O) groups excluding carboxylic acids is 1. The smallest absolute Gasteiger partial charge is 0.545 e. The molecule has 0 bridgehead atoms. The van der Waals surface area contributed by atoms with Gasteiger partial charge in [-0.3, -0.25) is 0 Å². The monoisotopic (exact) mass is 320 g/mol. The summed E-state index contributed by atoms with van der Waals surface area (Å²) in [5.41, 5.74) is 5.13. The van der Waals surface area contributed by atoms with Crippen molar-refractivity contribution in [3.8, 4) is 22.5 Å². The van der Waals surface area contributed by atoms with E-state index in [4.69, 9.17) is 4.98 Å². The number of aromatic nitrogens is 2. The Morgan fingerprint density at radius 1 is 0.833 bits per heavy atom. The summed E-state index contributed by atoms with van der Waals surface area (Å²) in [4.78, 5) is 20.5. The molecule has 4 aromatic rings. The van der Waals surface area contributed by atoms with Crippen molar-refractivity contribution >= 4 is 27.8 Å². The van der Waals surface area contributed by atoms with E-state index < -0.39 is 5.97 Å². The summed E-state index contributed by atoms with van der Waals surface area (Å²) in [7, 11) is 0. The zero-order valence-corrected chi connectivity index (χ0v) is 14.9. The van der Waals surface area contributed by atoms with E-state index in [9.17, 15) is 9.90 Å². The van der Waals surface area contributed by atoms with Gasteiger partial charge in [0.05, 0.1) is 28.4 Å². The maximum Gasteiger partial charge on any atom is 1.00 e. The molecule has 1 aliphatic rings. The molecule has 108 valence electrons. The third kappa shape index (κ3) is 2.01. The summed E-state index contributed by atoms with van der Waals surface area (Å²) in [5, 5.41) is 13.4. The molecule has 0 radical (unpaired) electrons. The largest absolute Gasteiger partial charge is 1.00 e. The van der Waals surface area contributed by atoms with Gasteiger partial charge in [0.1, 0.15) is 0 Å². The van der Waals surface area contributed by atoms with E-state index in [0.717, 1.165) is 33.3 Å². The van der Waals surface area contributed by atoms with Gasteiger partial charge in [-0.25, -0.2) is 9.97 Å². The number of fused-ring (bicyclic) bond motifs is 4. The van der Waals surface area contributed by atoms with Gasteiger partial charge in [-0.15, -0.1) is 0 Å². The van der Waals surface area contributed by atoms with Crippen LogP contribution in [0.15, 0.2) is 54.6 Å². The molecule has 0 fully saturated rings. The first-order chi connectivity index (χ1) is 11.2. The minimum atomic E-state index is -1.21. The van der Waals surface area contributed by atoms with E-state index in [1.807, 2.05) is 24.3 Å². The van der Waals surface area contributed by atoms with Gasteiger partial charge in [0, 0.05) is 16.5 Å². The van der Waals surface area contributed by atoms with Crippen LogP contribution in [-0.2, 0) is 0 Å². The van der Waals surface area contributed by atoms with Crippen molar-refractivity contribution in [2.45, 2.75) is 0 Å². The van der Waals surface area contributed by atoms with E-state index in [2.05, 4.69) is 17.1 Å². The summed E-state index contributed by atoms with van der Waals surface area (Å²) in [6, 6.07) is 16.9. The molecule has 0 amide bonds. The number of rotatable bonds is 1. The fourth-order valence-electron chi connectivity index (χ4n) is 3.29. The fraction of sp³-hybridized carbons (Fsp3) is 0. The Kier molecular flexibility index (Phi) is 3.42. The van der Waals surface area contributed by atoms with E-state index in [1.165, 1.54) is 12.1 Å². The van der Waals surface area contributed by atoms with E-state index in [0.29, 0.717) is 11.0 Å². The molecule has 5 heteroatoms. The quantitative estimate of drug-likeness (QED) is 0.401. The van der Waals surface area contributed by atoms with Crippen LogP contribution in [0.25, 0.3) is 44.3 Å². The molecular formula is C19H9N2NaO2. The summed E-state index contributed by atoms with van der Waals surface area (Å²) >= 11 is 0. The molecule has 0 saturated heterocycles. The van der Waals surface area contributed by atoms with Gasteiger partial charge in [0.25, 0.3) is 0 Å². The third-order valence-electron chi connectivity index (χ3n) is 4.31. The molecular weight excluding hydrogens is 311 g/mol. The first-order valence-corrected chi connectivity index (χ1v) is 7.28. The fourth-order valence-corrected chi connectivity index (χ4v) is 3.29. The predicted octanol–water partition coefficient (Wildman–Crippen LogP) is -0.202. The van der Waals surface area contributed by atoms with Gasteiger partial charge in [0.15, 0.2) is 0 Å². The molecule has 0 saturated carbocycles. The summed E-state index contributed by atoms with van der Waals surface area (Å²) < 4.78 is 0. The van der Waals surface area contributed by atoms with Crippen molar-refractivity contribution in [2.24, 2.45) is 0 Å². The maximum atomic E-state index is 11.1. The number of nitrogens with zero attached hydrogens (tertiary/aromatic N) is 2. The number of hydrogen-bond donors (Lipinski definition) is 0. The Morgan fingerprint density at radius 3 is 2.08 bits per heavy atom. The topological polar surface area (TPSA) is 65.9 Å². The van der Waals surface area contributed by atoms with Crippen LogP contribution in [0.5, 0.6) is 0 Å². The van der Waals surface area contributed by atoms with Gasteiger partial charge < -0.3 is 9.90 Å². The molecule has 1 heterocycles. The molecule has 3 aromatic carbocycles. The Morgan fingerprint density at radius 2 is 1.46 bits per heavy atom. The average molecular weight is 320 g/mol. The van der Waals surface area contributed by atoms with Crippen LogP contribution in [0.2, 0.25) is 0 Å². The molecule has 1 aliphatic carbocycles. The number of carboxylic acids is 1. The first kappa shape index (κ1) is 15.3. The summed E-state index contributed by atoms with van der Waals surface area (Å²) in [6.07, 6.45) is 0. The molecule has 0 spiro atoms. The minimum absolute atomic E-state index is 0. The molecule has 0 atom stereocenters. The number of aromatic carboxylic acids is 1. The second-order valence-corrected chi connectivity index (χ2v) is 5.62. The van der Waals surface area contributed by atoms with Crippen molar-refractivity contribution in [1.29, 1.82) is 0 Å². The van der Waals surface area contributed by atoms with E-state index >= 15 is 0 Å². The Bertz CT molecular complexity index is 1150. The number of benzene rings is 3. The standard InChI is InChI=1S/C19H10N2O2.Na/c22-19(23)11-7-8-14-15(9-11)21-18-13-6-2-4-10-3-1-5-12(16(10)13)17(18)20-14;/h1-9H,(H,22,23);/q;+1/p-1. The van der Waals surface area contributed by atoms with Crippen molar-refractivity contribution in [1.82, 2.24) is 9.97 Å². The van der Waals surface area contributed by atoms with E-state index in [1.54, 1.807) is 6.07 Å².